The van der Waals surface area contributed by atoms with Crippen molar-refractivity contribution >= 4 is 55.6 Å². The molecule has 8 bridgehead atoms. The van der Waals surface area contributed by atoms with Crippen LogP contribution in [-0.2, 0) is 32.7 Å². The van der Waals surface area contributed by atoms with E-state index in [1.807, 2.05) is 32.5 Å². The number of hydrogen-bond donors (Lipinski definition) is 5. The van der Waals surface area contributed by atoms with Crippen LogP contribution in [0.3, 0.4) is 0 Å². The molecule has 21 atom stereocenters. The average molecular weight is 1050 g/mol. The van der Waals surface area contributed by atoms with Crippen molar-refractivity contribution < 1.29 is 75.0 Å². The van der Waals surface area contributed by atoms with E-state index in [4.69, 9.17) is 59.6 Å². The van der Waals surface area contributed by atoms with E-state index in [-0.39, 0.29) is 109 Å². The predicted molar refractivity (Wildman–Crippen MR) is 274 cm³/mol. The Bertz CT molecular complexity index is 1570. The molecule has 0 radical (unpaired) electrons. The van der Waals surface area contributed by atoms with Crippen molar-refractivity contribution in [3.05, 3.63) is 11.4 Å². The Morgan fingerprint density at radius 2 is 1.29 bits per heavy atom. The topological polar surface area (TPSA) is 173 Å². The molecule has 0 aliphatic carbocycles. The van der Waals surface area contributed by atoms with Crippen molar-refractivity contribution in [2.45, 2.75) is 206 Å². The van der Waals surface area contributed by atoms with Crippen molar-refractivity contribution in [1.29, 1.82) is 2.86 Å². The summed E-state index contributed by atoms with van der Waals surface area (Å²) < 4.78 is 127. The molecule has 8 saturated heterocycles. The van der Waals surface area contributed by atoms with Crippen LogP contribution in [0.2, 0.25) is 0 Å². The predicted octanol–water partition coefficient (Wildman–Crippen LogP) is 7.59. The zero-order chi connectivity index (χ0) is 57.1. The minimum Gasteiger partial charge on any atom is -0.400 e. The van der Waals surface area contributed by atoms with Crippen LogP contribution in [-0.4, -0.2) is 209 Å². The summed E-state index contributed by atoms with van der Waals surface area (Å²) in [4.78, 5) is 3.36. The van der Waals surface area contributed by atoms with Gasteiger partial charge >= 0.3 is 0 Å². The van der Waals surface area contributed by atoms with Crippen LogP contribution >= 0.6 is 55.6 Å². The van der Waals surface area contributed by atoms with Gasteiger partial charge in [-0.3, -0.25) is 4.39 Å². The summed E-state index contributed by atoms with van der Waals surface area (Å²) in [5, 5.41) is 36.1. The summed E-state index contributed by atoms with van der Waals surface area (Å²) in [6.45, 7) is 23.7. The lowest BCUT2D eigenvalue weighted by molar-refractivity contribution is -0.0855. The Labute approximate surface area is 428 Å². The van der Waals surface area contributed by atoms with E-state index in [0.29, 0.717) is 18.4 Å². The Hall–Kier alpha value is 0.730. The lowest BCUT2D eigenvalue weighted by Crippen LogP contribution is -2.47. The zero-order valence-corrected chi connectivity index (χ0v) is 43.1. The van der Waals surface area contributed by atoms with Gasteiger partial charge in [0.1, 0.15) is 47.3 Å². The SMILES string of the molecule is C.C.[2H]CF.[2H]C[3H].[2H]C[C@]12O[C@H]([3H])[C@H](S[C@H]1C)[C@@H]2O.[2H]C[C@]12O[C@H]([3H])[C@H](S[C@H]1C)[C@@H]2OP(OCC[N+]#[C-])N(C(C)C)C(C)C.[3H]OC.[3H]OC.[3H][C@@H]1O[C@@]2(CC)[C@H](C)S[C@@H]1[C@@H]2OC.[3H][C@@H]1O[C@@]2(CO)[C@H](C)S[C@@H]1[C@@H]2O. The molecular formula is C45H92FN2O12PS4. The Kier molecular flexibility index (Phi) is 23.2. The minimum absolute atomic E-state index is 0. The van der Waals surface area contributed by atoms with Gasteiger partial charge in [-0.1, -0.05) is 56.9 Å². The first-order valence-electron chi connectivity index (χ1n) is 27.2. The Morgan fingerprint density at radius 1 is 0.862 bits per heavy atom. The third-order valence-corrected chi connectivity index (χ3v) is 20.0. The fourth-order valence-corrected chi connectivity index (χ4v) is 16.2. The van der Waals surface area contributed by atoms with Crippen molar-refractivity contribution in [1.82, 2.24) is 4.67 Å². The number of fused-ring (bicyclic) bond motifs is 8. The second-order valence-electron chi connectivity index (χ2n) is 15.9. The van der Waals surface area contributed by atoms with Gasteiger partial charge in [0.05, 0.1) is 74.0 Å². The van der Waals surface area contributed by atoms with Gasteiger partial charge in [0, 0.05) is 59.9 Å². The van der Waals surface area contributed by atoms with Crippen LogP contribution in [0.25, 0.3) is 4.85 Å². The van der Waals surface area contributed by atoms with E-state index in [0.717, 1.165) is 6.42 Å². The highest BCUT2D eigenvalue weighted by Gasteiger charge is 2.62. The molecule has 0 amide bonds. The van der Waals surface area contributed by atoms with Gasteiger partial charge in [0.25, 0.3) is 8.53 Å². The molecule has 5 N–H and O–H groups in total. The number of halogens is 1. The number of nitrogens with zero attached hydrogens (tertiary/aromatic N) is 2. The minimum atomic E-state index is -1.38. The summed E-state index contributed by atoms with van der Waals surface area (Å²) in [5.41, 5.74) is -2.58. The Balaban J connectivity index is 0. The maximum absolute atomic E-state index is 9.96. The monoisotopic (exact) mass is 1050 g/mol. The first kappa shape index (κ1) is 49.3. The molecule has 1 unspecified atom stereocenters. The van der Waals surface area contributed by atoms with Crippen molar-refractivity contribution in [3.63, 3.8) is 0 Å². The van der Waals surface area contributed by atoms with E-state index in [1.165, 1.54) is 26.0 Å². The molecule has 14 nitrogen and oxygen atoms in total. The molecule has 8 aliphatic heterocycles. The average Bonchev–Trinajstić information content (AvgIpc) is 4.18. The number of aliphatic hydroxyl groups excluding tert-OH is 5. The fraction of sp³-hybridized carbons (Fsp3) is 0.978. The molecule has 0 aromatic carbocycles. The first-order chi connectivity index (χ1) is 34.8. The van der Waals surface area contributed by atoms with Gasteiger partial charge in [0.15, 0.2) is 0 Å². The number of ether oxygens (including phenoxy) is 5. The van der Waals surface area contributed by atoms with E-state index < -0.39 is 71.0 Å². The molecule has 8 fully saturated rings. The van der Waals surface area contributed by atoms with Crippen LogP contribution in [0.1, 0.15) is 117 Å². The maximum atomic E-state index is 9.96. The second kappa shape index (κ2) is 30.6. The molecule has 0 saturated carbocycles. The van der Waals surface area contributed by atoms with Gasteiger partial charge in [-0.25, -0.2) is 11.2 Å². The van der Waals surface area contributed by atoms with Crippen LogP contribution in [0.4, 0.5) is 4.39 Å². The van der Waals surface area contributed by atoms with Crippen molar-refractivity contribution in [2.24, 2.45) is 0 Å². The van der Waals surface area contributed by atoms with Gasteiger partial charge in [-0.2, -0.15) is 0 Å². The molecule has 8 aliphatic rings. The lowest BCUT2D eigenvalue weighted by atomic mass is 9.91. The largest absolute Gasteiger partial charge is 0.400 e. The summed E-state index contributed by atoms with van der Waals surface area (Å²) in [6.07, 6.45) is -0.597. The lowest BCUT2D eigenvalue weighted by Gasteiger charge is -2.38. The number of methoxy groups -OCH3 is 1. The van der Waals surface area contributed by atoms with E-state index in [2.05, 4.69) is 61.3 Å². The molecule has 20 heteroatoms. The summed E-state index contributed by atoms with van der Waals surface area (Å²) >= 11 is 6.63. The number of thioether (sulfide) groups is 4. The smallest absolute Gasteiger partial charge is 0.259 e. The third-order valence-electron chi connectivity index (χ3n) is 12.0. The maximum Gasteiger partial charge on any atom is 0.259 e. The third kappa shape index (κ3) is 14.2. The molecule has 8 heterocycles. The van der Waals surface area contributed by atoms with E-state index in [9.17, 15) is 14.6 Å². The number of rotatable bonds is 11. The van der Waals surface area contributed by atoms with Gasteiger partial charge < -0.3 is 63.1 Å². The molecule has 8 rings (SSSR count). The number of hydrogen-bond acceptors (Lipinski definition) is 17. The molecular weight excluding hydrogens is 939 g/mol. The molecule has 0 spiro atoms. The van der Waals surface area contributed by atoms with Crippen LogP contribution in [0, 0.1) is 6.57 Å². The van der Waals surface area contributed by atoms with Crippen molar-refractivity contribution in [3.8, 4) is 0 Å². The van der Waals surface area contributed by atoms with E-state index in [1.54, 1.807) is 30.6 Å². The van der Waals surface area contributed by atoms with Gasteiger partial charge in [-0.15, -0.1) is 47.0 Å². The molecule has 0 aromatic rings. The summed E-state index contributed by atoms with van der Waals surface area (Å²) in [6, 6.07) is 0.450. The second-order valence-corrected chi connectivity index (χ2v) is 23.4. The van der Waals surface area contributed by atoms with Crippen LogP contribution < -0.4 is 0 Å². The quantitative estimate of drug-likeness (QED) is 0.0778. The summed E-state index contributed by atoms with van der Waals surface area (Å²) in [5.74, 6) is 0. The molecule has 390 valence electrons. The summed E-state index contributed by atoms with van der Waals surface area (Å²) in [7, 11) is 1.67. The highest BCUT2D eigenvalue weighted by molar-refractivity contribution is 8.01. The highest BCUT2D eigenvalue weighted by atomic mass is 32.2. The van der Waals surface area contributed by atoms with Gasteiger partial charge in [-0.05, 0) is 47.9 Å². The van der Waals surface area contributed by atoms with Crippen LogP contribution in [0.15, 0.2) is 0 Å². The number of aliphatic hydroxyl groups is 5. The highest BCUT2D eigenvalue weighted by Crippen LogP contribution is 2.57. The van der Waals surface area contributed by atoms with Crippen molar-refractivity contribution in [2.75, 3.05) is 74.6 Å². The Morgan fingerprint density at radius 3 is 1.71 bits per heavy atom. The molecule has 65 heavy (non-hydrogen) atoms. The normalized spacial score (nSPS) is 47.3. The molecule has 0 aromatic heterocycles. The number of alkyl halides is 1. The fourth-order valence-electron chi connectivity index (χ4n) is 8.30. The van der Waals surface area contributed by atoms with Gasteiger partial charge in [0.2, 0.25) is 9.41 Å². The van der Waals surface area contributed by atoms with E-state index >= 15 is 0 Å². The first-order valence-corrected chi connectivity index (χ1v) is 25.5. The standard InChI is InChI=1S/C16H29N2O3PS.C9H16O2S.C7H12O3S.C7H12O2S.CH3F.2CH4O.3CH4/c1-11(2)18(12(3)4)22(20-9-8-17-7)21-15-14-10-19-16(15,6)13(5)23-14;1-4-9-6(2)12-7(5-11-9)8(9)10-3;1-4-7(3-8)6(9)5(11-4)2-10-7;1-4-7(2)6(8)5(10-4)3-9-7;3*1-2;;;/h11-15H,8-10H2,1-6H3;6-8H,4-5H2,1-3H3;4-6,8-9H,2-3H2,1H3;4-6,8H,3H2,1-2H3;1H3;2*2H,1H3;3*1H4/t13-,14-,15-,16-,22?;6-,7-,8-,9-;2*4-,5-,6-,7-;;;;;;/m0000....../s1/i6D,10T;5T;2T;2D,3T;1D;2*2T;1TD;;/t10-,13+,14+,15+,16+,22?;5-,6-,7-,8-,9-;2-,4-,5-,6-,7-;3-,4+,5+,6+,7+;;;;;;/m1001....... The zero-order valence-electron chi connectivity index (χ0n) is 49.9. The van der Waals surface area contributed by atoms with Crippen LogP contribution in [0.5, 0.6) is 0 Å².